The van der Waals surface area contributed by atoms with Gasteiger partial charge in [-0.2, -0.15) is 0 Å². The van der Waals surface area contributed by atoms with Crippen LogP contribution in [0.4, 0.5) is 5.69 Å². The minimum absolute atomic E-state index is 0.00703. The second-order valence-electron chi connectivity index (χ2n) is 3.99. The first-order valence-electron chi connectivity index (χ1n) is 5.32. The molecule has 1 heterocycles. The van der Waals surface area contributed by atoms with E-state index in [2.05, 4.69) is 21.2 Å². The van der Waals surface area contributed by atoms with Gasteiger partial charge < -0.3 is 10.1 Å². The summed E-state index contributed by atoms with van der Waals surface area (Å²) in [6, 6.07) is 5.82. The number of benzene rings is 1. The quantitative estimate of drug-likeness (QED) is 0.906. The highest BCUT2D eigenvalue weighted by atomic mass is 79.9. The summed E-state index contributed by atoms with van der Waals surface area (Å²) < 4.78 is 6.14. The molecule has 0 spiro atoms. The minimum atomic E-state index is -0.00703. The lowest BCUT2D eigenvalue weighted by atomic mass is 10.1. The van der Waals surface area contributed by atoms with Crippen molar-refractivity contribution in [3.05, 3.63) is 28.2 Å². The zero-order valence-electron chi connectivity index (χ0n) is 9.13. The van der Waals surface area contributed by atoms with E-state index in [4.69, 9.17) is 4.74 Å². The standard InChI is InChI=1S/C12H14BrNO2/c1-8-3-2-4-10(11(8)13)14-12(15)9-5-6-16-7-9/h2-4,9H,5-7H2,1H3,(H,14,15). The lowest BCUT2D eigenvalue weighted by Crippen LogP contribution is -2.23. The van der Waals surface area contributed by atoms with Crippen LogP contribution < -0.4 is 5.32 Å². The van der Waals surface area contributed by atoms with Gasteiger partial charge in [0, 0.05) is 11.1 Å². The Morgan fingerprint density at radius 3 is 3.06 bits per heavy atom. The van der Waals surface area contributed by atoms with Gasteiger partial charge in [-0.3, -0.25) is 4.79 Å². The number of ether oxygens (including phenoxy) is 1. The molecule has 0 radical (unpaired) electrons. The van der Waals surface area contributed by atoms with E-state index in [0.29, 0.717) is 13.2 Å². The first-order valence-corrected chi connectivity index (χ1v) is 6.11. The van der Waals surface area contributed by atoms with Crippen LogP contribution in [0.2, 0.25) is 0 Å². The maximum absolute atomic E-state index is 11.9. The summed E-state index contributed by atoms with van der Waals surface area (Å²) in [5.41, 5.74) is 1.94. The van der Waals surface area contributed by atoms with Gasteiger partial charge in [-0.05, 0) is 40.9 Å². The largest absolute Gasteiger partial charge is 0.381 e. The molecule has 2 rings (SSSR count). The summed E-state index contributed by atoms with van der Waals surface area (Å²) in [6.45, 7) is 3.22. The number of anilines is 1. The molecule has 1 saturated heterocycles. The highest BCUT2D eigenvalue weighted by molar-refractivity contribution is 9.10. The van der Waals surface area contributed by atoms with Crippen LogP contribution in [0.15, 0.2) is 22.7 Å². The van der Waals surface area contributed by atoms with Crippen molar-refractivity contribution in [3.8, 4) is 0 Å². The van der Waals surface area contributed by atoms with E-state index in [1.807, 2.05) is 25.1 Å². The molecule has 1 atom stereocenters. The second-order valence-corrected chi connectivity index (χ2v) is 4.78. The number of hydrogen-bond acceptors (Lipinski definition) is 2. The summed E-state index contributed by atoms with van der Waals surface area (Å²) in [6.07, 6.45) is 0.815. The molecule has 86 valence electrons. The zero-order valence-corrected chi connectivity index (χ0v) is 10.7. The van der Waals surface area contributed by atoms with Crippen molar-refractivity contribution in [3.63, 3.8) is 0 Å². The summed E-state index contributed by atoms with van der Waals surface area (Å²) in [4.78, 5) is 11.9. The Morgan fingerprint density at radius 2 is 2.38 bits per heavy atom. The van der Waals surface area contributed by atoms with Crippen LogP contribution >= 0.6 is 15.9 Å². The van der Waals surface area contributed by atoms with Gasteiger partial charge in [0.1, 0.15) is 0 Å². The molecule has 16 heavy (non-hydrogen) atoms. The molecular weight excluding hydrogens is 270 g/mol. The lowest BCUT2D eigenvalue weighted by Gasteiger charge is -2.11. The molecule has 1 aromatic rings. The zero-order chi connectivity index (χ0) is 11.5. The Morgan fingerprint density at radius 1 is 1.56 bits per heavy atom. The van der Waals surface area contributed by atoms with E-state index in [1.165, 1.54) is 0 Å². The van der Waals surface area contributed by atoms with E-state index in [0.717, 1.165) is 22.1 Å². The van der Waals surface area contributed by atoms with Crippen molar-refractivity contribution in [1.29, 1.82) is 0 Å². The predicted octanol–water partition coefficient (Wildman–Crippen LogP) is 2.73. The average molecular weight is 284 g/mol. The molecule has 1 fully saturated rings. The molecule has 1 unspecified atom stereocenters. The van der Waals surface area contributed by atoms with E-state index >= 15 is 0 Å². The fraction of sp³-hybridized carbons (Fsp3) is 0.417. The van der Waals surface area contributed by atoms with E-state index < -0.39 is 0 Å². The maximum Gasteiger partial charge on any atom is 0.229 e. The van der Waals surface area contributed by atoms with Crippen molar-refractivity contribution < 1.29 is 9.53 Å². The first kappa shape index (κ1) is 11.6. The Kier molecular flexibility index (Phi) is 3.61. The van der Waals surface area contributed by atoms with Gasteiger partial charge in [0.25, 0.3) is 0 Å². The van der Waals surface area contributed by atoms with Gasteiger partial charge in [-0.15, -0.1) is 0 Å². The fourth-order valence-corrected chi connectivity index (χ4v) is 2.08. The number of carbonyl (C=O) groups excluding carboxylic acids is 1. The van der Waals surface area contributed by atoms with Crippen LogP contribution in [-0.2, 0) is 9.53 Å². The molecule has 1 aliphatic heterocycles. The molecule has 4 heteroatoms. The molecule has 1 aromatic carbocycles. The number of amides is 1. The van der Waals surface area contributed by atoms with Crippen LogP contribution in [0.3, 0.4) is 0 Å². The van der Waals surface area contributed by atoms with Gasteiger partial charge >= 0.3 is 0 Å². The fourth-order valence-electron chi connectivity index (χ4n) is 1.72. The SMILES string of the molecule is Cc1cccc(NC(=O)C2CCOC2)c1Br. The Bertz CT molecular complexity index is 400. The van der Waals surface area contributed by atoms with E-state index in [9.17, 15) is 4.79 Å². The third kappa shape index (κ3) is 2.44. The topological polar surface area (TPSA) is 38.3 Å². The van der Waals surface area contributed by atoms with Crippen molar-refractivity contribution >= 4 is 27.5 Å². The van der Waals surface area contributed by atoms with Crippen molar-refractivity contribution in [2.75, 3.05) is 18.5 Å². The van der Waals surface area contributed by atoms with Gasteiger partial charge in [-0.25, -0.2) is 0 Å². The number of hydrogen-bond donors (Lipinski definition) is 1. The normalized spacial score (nSPS) is 19.8. The Hall–Kier alpha value is -0.870. The lowest BCUT2D eigenvalue weighted by molar-refractivity contribution is -0.119. The molecule has 0 aliphatic carbocycles. The maximum atomic E-state index is 11.9. The smallest absolute Gasteiger partial charge is 0.229 e. The summed E-state index contributed by atoms with van der Waals surface area (Å²) in [5, 5.41) is 2.93. The van der Waals surface area contributed by atoms with Crippen LogP contribution in [0.1, 0.15) is 12.0 Å². The third-order valence-corrected chi connectivity index (χ3v) is 3.80. The predicted molar refractivity (Wildman–Crippen MR) is 66.4 cm³/mol. The Balaban J connectivity index is 2.08. The van der Waals surface area contributed by atoms with Crippen molar-refractivity contribution in [2.45, 2.75) is 13.3 Å². The molecule has 1 N–H and O–H groups in total. The minimum Gasteiger partial charge on any atom is -0.381 e. The highest BCUT2D eigenvalue weighted by Gasteiger charge is 2.23. The molecular formula is C12H14BrNO2. The van der Waals surface area contributed by atoms with Crippen LogP contribution in [0.25, 0.3) is 0 Å². The highest BCUT2D eigenvalue weighted by Crippen LogP contribution is 2.26. The third-order valence-electron chi connectivity index (χ3n) is 2.75. The van der Waals surface area contributed by atoms with Gasteiger partial charge in [0.15, 0.2) is 0 Å². The monoisotopic (exact) mass is 283 g/mol. The Labute approximate surface area is 103 Å². The number of halogens is 1. The number of aryl methyl sites for hydroxylation is 1. The second kappa shape index (κ2) is 4.97. The molecule has 3 nitrogen and oxygen atoms in total. The molecule has 0 saturated carbocycles. The van der Waals surface area contributed by atoms with Crippen molar-refractivity contribution in [2.24, 2.45) is 5.92 Å². The number of carbonyl (C=O) groups is 1. The van der Waals surface area contributed by atoms with Gasteiger partial charge in [-0.1, -0.05) is 12.1 Å². The first-order chi connectivity index (χ1) is 7.68. The van der Waals surface area contributed by atoms with E-state index in [1.54, 1.807) is 0 Å². The summed E-state index contributed by atoms with van der Waals surface area (Å²) in [5.74, 6) is 0.0382. The molecule has 0 aromatic heterocycles. The average Bonchev–Trinajstić information content (AvgIpc) is 2.78. The molecule has 1 amide bonds. The van der Waals surface area contributed by atoms with Crippen LogP contribution in [0.5, 0.6) is 0 Å². The van der Waals surface area contributed by atoms with Crippen LogP contribution in [-0.4, -0.2) is 19.1 Å². The van der Waals surface area contributed by atoms with E-state index in [-0.39, 0.29) is 11.8 Å². The number of nitrogens with one attached hydrogen (secondary N) is 1. The van der Waals surface area contributed by atoms with Crippen molar-refractivity contribution in [1.82, 2.24) is 0 Å². The van der Waals surface area contributed by atoms with Crippen LogP contribution in [0, 0.1) is 12.8 Å². The summed E-state index contributed by atoms with van der Waals surface area (Å²) in [7, 11) is 0. The summed E-state index contributed by atoms with van der Waals surface area (Å²) >= 11 is 3.47. The number of rotatable bonds is 2. The molecule has 0 bridgehead atoms. The van der Waals surface area contributed by atoms with Gasteiger partial charge in [0.05, 0.1) is 18.2 Å². The molecule has 1 aliphatic rings. The van der Waals surface area contributed by atoms with Gasteiger partial charge in [0.2, 0.25) is 5.91 Å².